The van der Waals surface area contributed by atoms with Crippen LogP contribution in [0.25, 0.3) is 0 Å². The first-order valence-electron chi connectivity index (χ1n) is 6.72. The van der Waals surface area contributed by atoms with Gasteiger partial charge in [-0.15, -0.1) is 0 Å². The van der Waals surface area contributed by atoms with E-state index < -0.39 is 16.0 Å². The zero-order valence-electron chi connectivity index (χ0n) is 11.8. The van der Waals surface area contributed by atoms with Gasteiger partial charge in [0.25, 0.3) is 10.2 Å². The number of benzene rings is 1. The van der Waals surface area contributed by atoms with Crippen LogP contribution in [0.2, 0.25) is 5.02 Å². The summed E-state index contributed by atoms with van der Waals surface area (Å²) in [7, 11) is -2.25. The summed E-state index contributed by atoms with van der Waals surface area (Å²) in [6, 6.07) is 4.13. The van der Waals surface area contributed by atoms with Crippen molar-refractivity contribution in [1.29, 1.82) is 0 Å². The van der Waals surface area contributed by atoms with Crippen LogP contribution in [0.5, 0.6) is 0 Å². The first-order valence-corrected chi connectivity index (χ1v) is 8.49. The monoisotopic (exact) mass is 335 g/mol. The van der Waals surface area contributed by atoms with Gasteiger partial charge in [0.2, 0.25) is 0 Å². The molecule has 118 valence electrons. The first-order chi connectivity index (χ1) is 9.82. The maximum atomic E-state index is 13.8. The highest BCUT2D eigenvalue weighted by atomic mass is 35.5. The molecule has 1 aliphatic heterocycles. The van der Waals surface area contributed by atoms with Crippen LogP contribution in [0.1, 0.15) is 18.4 Å². The standard InChI is InChI=1S/C13H19ClFN3O2S/c1-17(9-11-12(14)5-2-6-13(11)15)21(19,20)18-7-3-4-10(16)8-18/h2,5-6,10H,3-4,7-9,16H2,1H3. The molecule has 21 heavy (non-hydrogen) atoms. The maximum absolute atomic E-state index is 13.8. The van der Waals surface area contributed by atoms with Gasteiger partial charge in [-0.05, 0) is 25.0 Å². The Labute approximate surface area is 129 Å². The zero-order valence-corrected chi connectivity index (χ0v) is 13.4. The van der Waals surface area contributed by atoms with Gasteiger partial charge in [-0.1, -0.05) is 17.7 Å². The van der Waals surface area contributed by atoms with Crippen LogP contribution in [0.4, 0.5) is 4.39 Å². The second-order valence-corrected chi connectivity index (χ2v) is 7.67. The Kier molecular flexibility index (Phi) is 5.21. The van der Waals surface area contributed by atoms with Gasteiger partial charge in [0.15, 0.2) is 0 Å². The minimum atomic E-state index is -3.67. The van der Waals surface area contributed by atoms with E-state index in [1.165, 1.54) is 29.6 Å². The Morgan fingerprint density at radius 3 is 2.86 bits per heavy atom. The van der Waals surface area contributed by atoms with E-state index >= 15 is 0 Å². The Bertz CT molecular complexity index is 591. The highest BCUT2D eigenvalue weighted by molar-refractivity contribution is 7.86. The summed E-state index contributed by atoms with van der Waals surface area (Å²) >= 11 is 5.94. The fraction of sp³-hybridized carbons (Fsp3) is 0.538. The molecule has 8 heteroatoms. The van der Waals surface area contributed by atoms with E-state index in [0.29, 0.717) is 6.54 Å². The third kappa shape index (κ3) is 3.73. The van der Waals surface area contributed by atoms with Crippen molar-refractivity contribution in [2.24, 2.45) is 5.73 Å². The molecule has 0 amide bonds. The van der Waals surface area contributed by atoms with E-state index in [1.807, 2.05) is 0 Å². The highest BCUT2D eigenvalue weighted by Gasteiger charge is 2.31. The van der Waals surface area contributed by atoms with E-state index in [9.17, 15) is 12.8 Å². The van der Waals surface area contributed by atoms with Crippen molar-refractivity contribution >= 4 is 21.8 Å². The van der Waals surface area contributed by atoms with Crippen molar-refractivity contribution in [2.75, 3.05) is 20.1 Å². The number of hydrogen-bond donors (Lipinski definition) is 1. The molecule has 0 aromatic heterocycles. The van der Waals surface area contributed by atoms with Crippen molar-refractivity contribution in [2.45, 2.75) is 25.4 Å². The number of nitrogens with two attached hydrogens (primary N) is 1. The molecule has 1 aliphatic rings. The van der Waals surface area contributed by atoms with Crippen LogP contribution in [0.15, 0.2) is 18.2 Å². The van der Waals surface area contributed by atoms with Crippen molar-refractivity contribution < 1.29 is 12.8 Å². The molecule has 0 radical (unpaired) electrons. The minimum absolute atomic E-state index is 0.112. The van der Waals surface area contributed by atoms with Crippen molar-refractivity contribution in [3.63, 3.8) is 0 Å². The van der Waals surface area contributed by atoms with Crippen LogP contribution in [-0.2, 0) is 16.8 Å². The van der Waals surface area contributed by atoms with Crippen LogP contribution in [0, 0.1) is 5.82 Å². The number of piperidine rings is 1. The van der Waals surface area contributed by atoms with Gasteiger partial charge in [0, 0.05) is 43.3 Å². The second-order valence-electron chi connectivity index (χ2n) is 5.22. The lowest BCUT2D eigenvalue weighted by molar-refractivity contribution is 0.291. The number of hydrogen-bond acceptors (Lipinski definition) is 3. The zero-order chi connectivity index (χ0) is 15.6. The quantitative estimate of drug-likeness (QED) is 0.908. The van der Waals surface area contributed by atoms with Crippen LogP contribution < -0.4 is 5.73 Å². The Morgan fingerprint density at radius 2 is 2.24 bits per heavy atom. The number of nitrogens with zero attached hydrogens (tertiary/aromatic N) is 2. The Balaban J connectivity index is 2.17. The smallest absolute Gasteiger partial charge is 0.282 e. The average Bonchev–Trinajstić information content (AvgIpc) is 2.42. The van der Waals surface area contributed by atoms with E-state index in [2.05, 4.69) is 0 Å². The summed E-state index contributed by atoms with van der Waals surface area (Å²) in [6.07, 6.45) is 1.55. The lowest BCUT2D eigenvalue weighted by Crippen LogP contribution is -2.50. The number of rotatable bonds is 4. The van der Waals surface area contributed by atoms with Crippen LogP contribution >= 0.6 is 11.6 Å². The molecule has 1 aromatic carbocycles. The third-order valence-corrected chi connectivity index (χ3v) is 5.84. The van der Waals surface area contributed by atoms with Gasteiger partial charge in [0.1, 0.15) is 5.82 Å². The van der Waals surface area contributed by atoms with Crippen molar-refractivity contribution in [1.82, 2.24) is 8.61 Å². The van der Waals surface area contributed by atoms with Crippen LogP contribution in [0.3, 0.4) is 0 Å². The Morgan fingerprint density at radius 1 is 1.52 bits per heavy atom. The van der Waals surface area contributed by atoms with Crippen molar-refractivity contribution in [3.8, 4) is 0 Å². The molecule has 1 aromatic rings. The molecule has 2 N–H and O–H groups in total. The molecule has 0 aliphatic carbocycles. The summed E-state index contributed by atoms with van der Waals surface area (Å²) in [5, 5.41) is 0.215. The van der Waals surface area contributed by atoms with E-state index in [0.717, 1.165) is 17.1 Å². The van der Waals surface area contributed by atoms with E-state index in [-0.39, 0.29) is 29.7 Å². The molecule has 1 saturated heterocycles. The largest absolute Gasteiger partial charge is 0.327 e. The van der Waals surface area contributed by atoms with Crippen molar-refractivity contribution in [3.05, 3.63) is 34.6 Å². The molecule has 2 rings (SSSR count). The summed E-state index contributed by atoms with van der Waals surface area (Å²) in [4.78, 5) is 0. The van der Waals surface area contributed by atoms with Crippen LogP contribution in [-0.4, -0.2) is 43.2 Å². The summed E-state index contributed by atoms with van der Waals surface area (Å²) in [5.41, 5.74) is 5.99. The van der Waals surface area contributed by atoms with Gasteiger partial charge in [-0.3, -0.25) is 0 Å². The molecule has 1 unspecified atom stereocenters. The molecular weight excluding hydrogens is 317 g/mol. The molecule has 1 atom stereocenters. The average molecular weight is 336 g/mol. The fourth-order valence-electron chi connectivity index (χ4n) is 2.37. The molecule has 0 bridgehead atoms. The minimum Gasteiger partial charge on any atom is -0.327 e. The maximum Gasteiger partial charge on any atom is 0.282 e. The topological polar surface area (TPSA) is 66.6 Å². The molecule has 0 saturated carbocycles. The third-order valence-electron chi connectivity index (χ3n) is 3.58. The first kappa shape index (κ1) is 16.6. The molecule has 1 fully saturated rings. The van der Waals surface area contributed by atoms with Gasteiger partial charge in [-0.25, -0.2) is 4.39 Å². The highest BCUT2D eigenvalue weighted by Crippen LogP contribution is 2.23. The van der Waals surface area contributed by atoms with E-state index in [4.69, 9.17) is 17.3 Å². The number of halogens is 2. The lowest BCUT2D eigenvalue weighted by atomic mass is 10.1. The lowest BCUT2D eigenvalue weighted by Gasteiger charge is -2.33. The summed E-state index contributed by atoms with van der Waals surface area (Å²) < 4.78 is 41.2. The van der Waals surface area contributed by atoms with Gasteiger partial charge in [0.05, 0.1) is 0 Å². The molecule has 0 spiro atoms. The fourth-order valence-corrected chi connectivity index (χ4v) is 4.02. The van der Waals surface area contributed by atoms with Gasteiger partial charge >= 0.3 is 0 Å². The van der Waals surface area contributed by atoms with E-state index in [1.54, 1.807) is 0 Å². The second kappa shape index (κ2) is 6.58. The summed E-state index contributed by atoms with van der Waals surface area (Å²) in [6.45, 7) is 0.614. The molecular formula is C13H19ClFN3O2S. The predicted molar refractivity (Wildman–Crippen MR) is 80.6 cm³/mol. The SMILES string of the molecule is CN(Cc1c(F)cccc1Cl)S(=O)(=O)N1CCCC(N)C1. The normalized spacial score (nSPS) is 20.9. The summed E-state index contributed by atoms with van der Waals surface area (Å²) in [5.74, 6) is -0.514. The van der Waals surface area contributed by atoms with Gasteiger partial charge < -0.3 is 5.73 Å². The Hall–Kier alpha value is -0.730. The molecule has 1 heterocycles. The predicted octanol–water partition coefficient (Wildman–Crippen LogP) is 1.58. The molecule has 5 nitrogen and oxygen atoms in total. The van der Waals surface area contributed by atoms with Gasteiger partial charge in [-0.2, -0.15) is 17.0 Å².